The van der Waals surface area contributed by atoms with Crippen molar-refractivity contribution in [3.05, 3.63) is 53.2 Å². The predicted octanol–water partition coefficient (Wildman–Crippen LogP) is 3.78. The molecule has 0 aliphatic carbocycles. The van der Waals surface area contributed by atoms with E-state index in [1.165, 1.54) is 6.20 Å². The van der Waals surface area contributed by atoms with Gasteiger partial charge >= 0.3 is 6.09 Å². The highest BCUT2D eigenvalue weighted by molar-refractivity contribution is 6.17. The third-order valence-electron chi connectivity index (χ3n) is 3.63. The van der Waals surface area contributed by atoms with Gasteiger partial charge in [-0.2, -0.15) is 0 Å². The van der Waals surface area contributed by atoms with Crippen LogP contribution in [0.15, 0.2) is 36.5 Å². The zero-order valence-electron chi connectivity index (χ0n) is 16.1. The number of carbonyl (C=O) groups is 2. The van der Waals surface area contributed by atoms with Gasteiger partial charge in [-0.05, 0) is 56.5 Å². The zero-order valence-corrected chi connectivity index (χ0v) is 16.9. The number of nitrogens with one attached hydrogen (secondary N) is 1. The number of alkyl halides is 1. The molecule has 3 N–H and O–H groups in total. The van der Waals surface area contributed by atoms with Crippen molar-refractivity contribution in [2.45, 2.75) is 38.7 Å². The number of halogens is 1. The SMILES string of the molecule is CC(C)(C)OC(=O)NCCc1ccc(Oc2ccc(C(N)=O)cn2)cc1CCl. The number of pyridine rings is 1. The number of alkyl carbamates (subject to hydrolysis) is 1. The summed E-state index contributed by atoms with van der Waals surface area (Å²) in [4.78, 5) is 26.8. The van der Waals surface area contributed by atoms with Gasteiger partial charge in [0.05, 0.1) is 5.56 Å². The van der Waals surface area contributed by atoms with Gasteiger partial charge in [0, 0.05) is 24.7 Å². The number of aromatic nitrogens is 1. The lowest BCUT2D eigenvalue weighted by Crippen LogP contribution is -2.33. The number of hydrogen-bond donors (Lipinski definition) is 2. The summed E-state index contributed by atoms with van der Waals surface area (Å²) in [5.74, 6) is 0.657. The summed E-state index contributed by atoms with van der Waals surface area (Å²) >= 11 is 6.06. The van der Waals surface area contributed by atoms with E-state index in [4.69, 9.17) is 26.8 Å². The number of ether oxygens (including phenoxy) is 2. The average Bonchev–Trinajstić information content (AvgIpc) is 2.61. The quantitative estimate of drug-likeness (QED) is 0.682. The van der Waals surface area contributed by atoms with Crippen LogP contribution in [0.4, 0.5) is 4.79 Å². The Bertz CT molecular complexity index is 832. The minimum Gasteiger partial charge on any atom is -0.444 e. The lowest BCUT2D eigenvalue weighted by atomic mass is 10.1. The Morgan fingerprint density at radius 3 is 2.50 bits per heavy atom. The third kappa shape index (κ3) is 6.74. The molecule has 0 aliphatic rings. The molecule has 28 heavy (non-hydrogen) atoms. The van der Waals surface area contributed by atoms with Crippen LogP contribution in [-0.2, 0) is 17.0 Å². The normalized spacial score (nSPS) is 11.0. The molecule has 0 fully saturated rings. The van der Waals surface area contributed by atoms with Crippen LogP contribution in [-0.4, -0.2) is 29.1 Å². The number of benzene rings is 1. The summed E-state index contributed by atoms with van der Waals surface area (Å²) < 4.78 is 10.9. The molecule has 0 atom stereocenters. The molecule has 1 aromatic carbocycles. The number of primary amides is 1. The maximum Gasteiger partial charge on any atom is 0.407 e. The molecular weight excluding hydrogens is 382 g/mol. The van der Waals surface area contributed by atoms with E-state index in [0.29, 0.717) is 36.0 Å². The largest absolute Gasteiger partial charge is 0.444 e. The van der Waals surface area contributed by atoms with E-state index >= 15 is 0 Å². The molecule has 2 rings (SSSR count). The van der Waals surface area contributed by atoms with Gasteiger partial charge in [0.25, 0.3) is 0 Å². The number of nitrogens with two attached hydrogens (primary N) is 1. The maximum absolute atomic E-state index is 11.7. The van der Waals surface area contributed by atoms with Crippen LogP contribution >= 0.6 is 11.6 Å². The van der Waals surface area contributed by atoms with Crippen LogP contribution in [0, 0.1) is 0 Å². The third-order valence-corrected chi connectivity index (χ3v) is 3.92. The summed E-state index contributed by atoms with van der Waals surface area (Å²) in [6.45, 7) is 5.86. The van der Waals surface area contributed by atoms with E-state index in [0.717, 1.165) is 11.1 Å². The molecular formula is C20H24ClN3O4. The topological polar surface area (TPSA) is 104 Å². The highest BCUT2D eigenvalue weighted by Gasteiger charge is 2.15. The summed E-state index contributed by atoms with van der Waals surface area (Å²) in [7, 11) is 0. The van der Waals surface area contributed by atoms with E-state index in [1.807, 2.05) is 32.9 Å². The van der Waals surface area contributed by atoms with Crippen molar-refractivity contribution in [3.63, 3.8) is 0 Å². The monoisotopic (exact) mass is 405 g/mol. The first-order valence-electron chi connectivity index (χ1n) is 8.76. The second-order valence-electron chi connectivity index (χ2n) is 7.09. The Hall–Kier alpha value is -2.80. The molecule has 2 aromatic rings. The minimum absolute atomic E-state index is 0.299. The molecule has 1 heterocycles. The van der Waals surface area contributed by atoms with Crippen LogP contribution < -0.4 is 15.8 Å². The van der Waals surface area contributed by atoms with Crippen LogP contribution in [0.3, 0.4) is 0 Å². The summed E-state index contributed by atoms with van der Waals surface area (Å²) in [5.41, 5.74) is 6.85. The van der Waals surface area contributed by atoms with Gasteiger partial charge in [0.15, 0.2) is 0 Å². The Morgan fingerprint density at radius 2 is 1.93 bits per heavy atom. The second kappa shape index (κ2) is 9.41. The Morgan fingerprint density at radius 1 is 1.18 bits per heavy atom. The van der Waals surface area contributed by atoms with Gasteiger partial charge in [-0.15, -0.1) is 11.6 Å². The molecule has 0 bridgehead atoms. The summed E-state index contributed by atoms with van der Waals surface area (Å²) in [5, 5.41) is 2.72. The molecule has 0 radical (unpaired) electrons. The van der Waals surface area contributed by atoms with E-state index in [-0.39, 0.29) is 0 Å². The number of carbonyl (C=O) groups excluding carboxylic acids is 2. The first-order valence-corrected chi connectivity index (χ1v) is 9.30. The highest BCUT2D eigenvalue weighted by atomic mass is 35.5. The van der Waals surface area contributed by atoms with Gasteiger partial charge in [0.1, 0.15) is 11.4 Å². The summed E-state index contributed by atoms with van der Waals surface area (Å²) in [6, 6.07) is 8.62. The zero-order chi connectivity index (χ0) is 20.7. The van der Waals surface area contributed by atoms with Gasteiger partial charge in [-0.1, -0.05) is 6.07 Å². The molecule has 0 aliphatic heterocycles. The number of rotatable bonds is 7. The van der Waals surface area contributed by atoms with Crippen LogP contribution in [0.2, 0.25) is 0 Å². The Kier molecular flexibility index (Phi) is 7.23. The van der Waals surface area contributed by atoms with Gasteiger partial charge in [0.2, 0.25) is 11.8 Å². The molecule has 1 aromatic heterocycles. The first-order chi connectivity index (χ1) is 13.2. The molecule has 150 valence electrons. The molecule has 0 spiro atoms. The molecule has 2 amide bonds. The van der Waals surface area contributed by atoms with Crippen molar-refractivity contribution < 1.29 is 19.1 Å². The fourth-order valence-corrected chi connectivity index (χ4v) is 2.60. The maximum atomic E-state index is 11.7. The van der Waals surface area contributed by atoms with Gasteiger partial charge < -0.3 is 20.5 Å². The number of nitrogens with zero attached hydrogens (tertiary/aromatic N) is 1. The van der Waals surface area contributed by atoms with E-state index in [9.17, 15) is 9.59 Å². The molecule has 0 saturated heterocycles. The smallest absolute Gasteiger partial charge is 0.407 e. The lowest BCUT2D eigenvalue weighted by molar-refractivity contribution is 0.0528. The summed E-state index contributed by atoms with van der Waals surface area (Å²) in [6.07, 6.45) is 1.51. The van der Waals surface area contributed by atoms with Crippen LogP contribution in [0.25, 0.3) is 0 Å². The van der Waals surface area contributed by atoms with Crippen LogP contribution in [0.5, 0.6) is 11.6 Å². The van der Waals surface area contributed by atoms with Crippen molar-refractivity contribution in [1.29, 1.82) is 0 Å². The lowest BCUT2D eigenvalue weighted by Gasteiger charge is -2.19. The molecule has 7 nitrogen and oxygen atoms in total. The fourth-order valence-electron chi connectivity index (χ4n) is 2.35. The fraction of sp³-hybridized carbons (Fsp3) is 0.350. The predicted molar refractivity (Wildman–Crippen MR) is 107 cm³/mol. The Labute approximate surface area is 169 Å². The van der Waals surface area contributed by atoms with Crippen molar-refractivity contribution in [1.82, 2.24) is 10.3 Å². The molecule has 0 saturated carbocycles. The highest BCUT2D eigenvalue weighted by Crippen LogP contribution is 2.24. The van der Waals surface area contributed by atoms with Crippen molar-refractivity contribution in [3.8, 4) is 11.6 Å². The standard InChI is InChI=1S/C20H24ClN3O4/c1-20(2,3)28-19(26)23-9-8-13-4-6-16(10-15(13)11-21)27-17-7-5-14(12-24-17)18(22)25/h4-7,10,12H,8-9,11H2,1-3H3,(H2,22,25)(H,23,26). The second-order valence-corrected chi connectivity index (χ2v) is 7.36. The van der Waals surface area contributed by atoms with Crippen molar-refractivity contribution in [2.75, 3.05) is 6.54 Å². The number of amides is 2. The van der Waals surface area contributed by atoms with Gasteiger partial charge in [-0.25, -0.2) is 9.78 Å². The average molecular weight is 406 g/mol. The van der Waals surface area contributed by atoms with E-state index in [2.05, 4.69) is 10.3 Å². The first kappa shape index (κ1) is 21.5. The minimum atomic E-state index is -0.548. The van der Waals surface area contributed by atoms with Crippen molar-refractivity contribution >= 4 is 23.6 Å². The molecule has 0 unspecified atom stereocenters. The van der Waals surface area contributed by atoms with Gasteiger partial charge in [-0.3, -0.25) is 4.79 Å². The van der Waals surface area contributed by atoms with E-state index < -0.39 is 17.6 Å². The van der Waals surface area contributed by atoms with Crippen molar-refractivity contribution in [2.24, 2.45) is 5.73 Å². The number of hydrogen-bond acceptors (Lipinski definition) is 5. The Balaban J connectivity index is 1.97. The molecule has 8 heteroatoms. The van der Waals surface area contributed by atoms with E-state index in [1.54, 1.807) is 18.2 Å². The van der Waals surface area contributed by atoms with Crippen LogP contribution in [0.1, 0.15) is 42.3 Å².